The van der Waals surface area contributed by atoms with Crippen molar-refractivity contribution in [3.63, 3.8) is 0 Å². The second-order valence-electron chi connectivity index (χ2n) is 5.25. The van der Waals surface area contributed by atoms with E-state index in [2.05, 4.69) is 4.98 Å². The standard InChI is InChI=1S/C15H20N2O2/c1-18-12-7-4-8-13-14(12)17-15(19-13)11-6-3-2-5-10(11)9-16/h4,7-8,10-11H,2-3,5-6,9,16H2,1H3. The van der Waals surface area contributed by atoms with Gasteiger partial charge in [0.1, 0.15) is 5.75 Å². The molecule has 1 heterocycles. The second kappa shape index (κ2) is 5.21. The van der Waals surface area contributed by atoms with Gasteiger partial charge in [-0.3, -0.25) is 0 Å². The summed E-state index contributed by atoms with van der Waals surface area (Å²) in [6, 6.07) is 5.78. The van der Waals surface area contributed by atoms with Crippen LogP contribution in [-0.2, 0) is 0 Å². The maximum Gasteiger partial charge on any atom is 0.199 e. The highest BCUT2D eigenvalue weighted by molar-refractivity contribution is 5.79. The maximum absolute atomic E-state index is 5.94. The smallest absolute Gasteiger partial charge is 0.199 e. The highest BCUT2D eigenvalue weighted by Crippen LogP contribution is 2.38. The van der Waals surface area contributed by atoms with Crippen molar-refractivity contribution < 1.29 is 9.15 Å². The first kappa shape index (κ1) is 12.5. The van der Waals surface area contributed by atoms with Crippen molar-refractivity contribution in [2.75, 3.05) is 13.7 Å². The number of nitrogens with two attached hydrogens (primary N) is 1. The third-order valence-electron chi connectivity index (χ3n) is 4.15. The van der Waals surface area contributed by atoms with Gasteiger partial charge in [-0.2, -0.15) is 0 Å². The topological polar surface area (TPSA) is 61.3 Å². The summed E-state index contributed by atoms with van der Waals surface area (Å²) in [5.41, 5.74) is 7.51. The summed E-state index contributed by atoms with van der Waals surface area (Å²) >= 11 is 0. The molecule has 19 heavy (non-hydrogen) atoms. The number of methoxy groups -OCH3 is 1. The third kappa shape index (κ3) is 2.21. The van der Waals surface area contributed by atoms with Crippen molar-refractivity contribution in [1.29, 1.82) is 0 Å². The number of hydrogen-bond acceptors (Lipinski definition) is 4. The van der Waals surface area contributed by atoms with Gasteiger partial charge in [0.15, 0.2) is 17.0 Å². The largest absolute Gasteiger partial charge is 0.494 e. The Bertz CT molecular complexity index is 564. The van der Waals surface area contributed by atoms with Crippen LogP contribution < -0.4 is 10.5 Å². The van der Waals surface area contributed by atoms with Crippen LogP contribution in [0.4, 0.5) is 0 Å². The van der Waals surface area contributed by atoms with Crippen molar-refractivity contribution >= 4 is 11.1 Å². The highest BCUT2D eigenvalue weighted by Gasteiger charge is 2.29. The Balaban J connectivity index is 2.00. The lowest BCUT2D eigenvalue weighted by Gasteiger charge is -2.27. The Morgan fingerprint density at radius 3 is 3.00 bits per heavy atom. The van der Waals surface area contributed by atoms with Gasteiger partial charge in [-0.25, -0.2) is 4.98 Å². The van der Waals surface area contributed by atoms with E-state index in [1.807, 2.05) is 18.2 Å². The van der Waals surface area contributed by atoms with Crippen LogP contribution in [0.3, 0.4) is 0 Å². The van der Waals surface area contributed by atoms with Gasteiger partial charge in [-0.1, -0.05) is 18.9 Å². The summed E-state index contributed by atoms with van der Waals surface area (Å²) in [6.07, 6.45) is 4.80. The van der Waals surface area contributed by atoms with Crippen LogP contribution in [0.5, 0.6) is 5.75 Å². The van der Waals surface area contributed by atoms with Crippen LogP contribution in [0, 0.1) is 5.92 Å². The molecular formula is C15H20N2O2. The molecule has 2 N–H and O–H groups in total. The molecule has 4 heteroatoms. The van der Waals surface area contributed by atoms with Crippen molar-refractivity contribution in [3.05, 3.63) is 24.1 Å². The first-order chi connectivity index (χ1) is 9.33. The zero-order chi connectivity index (χ0) is 13.2. The molecule has 2 atom stereocenters. The van der Waals surface area contributed by atoms with Crippen molar-refractivity contribution in [2.45, 2.75) is 31.6 Å². The van der Waals surface area contributed by atoms with Crippen LogP contribution in [-0.4, -0.2) is 18.6 Å². The Morgan fingerprint density at radius 2 is 2.21 bits per heavy atom. The van der Waals surface area contributed by atoms with E-state index in [4.69, 9.17) is 14.9 Å². The average molecular weight is 260 g/mol. The van der Waals surface area contributed by atoms with Gasteiger partial charge in [0.05, 0.1) is 7.11 Å². The van der Waals surface area contributed by atoms with Gasteiger partial charge in [0.2, 0.25) is 0 Å². The van der Waals surface area contributed by atoms with E-state index in [-0.39, 0.29) is 0 Å². The van der Waals surface area contributed by atoms with E-state index < -0.39 is 0 Å². The van der Waals surface area contributed by atoms with Crippen LogP contribution >= 0.6 is 0 Å². The Morgan fingerprint density at radius 1 is 1.37 bits per heavy atom. The number of fused-ring (bicyclic) bond motifs is 1. The number of nitrogens with zero attached hydrogens (tertiary/aromatic N) is 1. The van der Waals surface area contributed by atoms with E-state index in [0.717, 1.165) is 29.2 Å². The summed E-state index contributed by atoms with van der Waals surface area (Å²) < 4.78 is 11.3. The van der Waals surface area contributed by atoms with Crippen molar-refractivity contribution in [3.8, 4) is 5.75 Å². The SMILES string of the molecule is COc1cccc2oc(C3CCCCC3CN)nc12. The minimum Gasteiger partial charge on any atom is -0.494 e. The lowest BCUT2D eigenvalue weighted by atomic mass is 9.79. The summed E-state index contributed by atoms with van der Waals surface area (Å²) in [4.78, 5) is 4.66. The molecule has 2 aromatic rings. The maximum atomic E-state index is 5.94. The zero-order valence-electron chi connectivity index (χ0n) is 11.3. The first-order valence-corrected chi connectivity index (χ1v) is 6.97. The minimum atomic E-state index is 0.357. The molecule has 1 aliphatic carbocycles. The normalized spacial score (nSPS) is 23.7. The van der Waals surface area contributed by atoms with E-state index in [1.54, 1.807) is 7.11 Å². The molecule has 0 aliphatic heterocycles. The van der Waals surface area contributed by atoms with Gasteiger partial charge in [-0.05, 0) is 37.4 Å². The molecule has 0 amide bonds. The molecule has 0 radical (unpaired) electrons. The molecular weight excluding hydrogens is 240 g/mol. The monoisotopic (exact) mass is 260 g/mol. The second-order valence-corrected chi connectivity index (χ2v) is 5.25. The number of hydrogen-bond donors (Lipinski definition) is 1. The Hall–Kier alpha value is -1.55. The van der Waals surface area contributed by atoms with Crippen LogP contribution in [0.2, 0.25) is 0 Å². The third-order valence-corrected chi connectivity index (χ3v) is 4.15. The molecule has 0 bridgehead atoms. The molecule has 1 aliphatic rings. The number of ether oxygens (including phenoxy) is 1. The minimum absolute atomic E-state index is 0.357. The van der Waals surface area contributed by atoms with Gasteiger partial charge in [0, 0.05) is 5.92 Å². The highest BCUT2D eigenvalue weighted by atomic mass is 16.5. The summed E-state index contributed by atoms with van der Waals surface area (Å²) in [5, 5.41) is 0. The molecule has 102 valence electrons. The number of para-hydroxylation sites is 1. The van der Waals surface area contributed by atoms with Crippen LogP contribution in [0.1, 0.15) is 37.5 Å². The molecule has 0 spiro atoms. The summed E-state index contributed by atoms with van der Waals surface area (Å²) in [6.45, 7) is 0.709. The molecule has 1 aromatic heterocycles. The van der Waals surface area contributed by atoms with Gasteiger partial charge in [0.25, 0.3) is 0 Å². The Labute approximate surface area is 112 Å². The van der Waals surface area contributed by atoms with E-state index in [9.17, 15) is 0 Å². The molecule has 2 unspecified atom stereocenters. The van der Waals surface area contributed by atoms with Gasteiger partial charge >= 0.3 is 0 Å². The number of benzene rings is 1. The first-order valence-electron chi connectivity index (χ1n) is 6.97. The number of rotatable bonds is 3. The summed E-state index contributed by atoms with van der Waals surface area (Å²) in [7, 11) is 1.66. The quantitative estimate of drug-likeness (QED) is 0.921. The molecule has 1 saturated carbocycles. The zero-order valence-corrected chi connectivity index (χ0v) is 11.3. The number of oxazole rings is 1. The fraction of sp³-hybridized carbons (Fsp3) is 0.533. The van der Waals surface area contributed by atoms with Gasteiger partial charge in [-0.15, -0.1) is 0 Å². The molecule has 4 nitrogen and oxygen atoms in total. The molecule has 1 fully saturated rings. The van der Waals surface area contributed by atoms with E-state index in [1.165, 1.54) is 19.3 Å². The van der Waals surface area contributed by atoms with Crippen molar-refractivity contribution in [2.24, 2.45) is 11.7 Å². The predicted octanol–water partition coefficient (Wildman–Crippen LogP) is 3.07. The van der Waals surface area contributed by atoms with Crippen LogP contribution in [0.25, 0.3) is 11.1 Å². The molecule has 0 saturated heterocycles. The van der Waals surface area contributed by atoms with E-state index in [0.29, 0.717) is 18.4 Å². The average Bonchev–Trinajstić information content (AvgIpc) is 2.90. The summed E-state index contributed by atoms with van der Waals surface area (Å²) in [5.74, 6) is 2.45. The lowest BCUT2D eigenvalue weighted by molar-refractivity contribution is 0.275. The lowest BCUT2D eigenvalue weighted by Crippen LogP contribution is -2.25. The Kier molecular flexibility index (Phi) is 3.42. The molecule has 3 rings (SSSR count). The molecule has 1 aromatic carbocycles. The fourth-order valence-electron chi connectivity index (χ4n) is 3.08. The fourth-order valence-corrected chi connectivity index (χ4v) is 3.08. The van der Waals surface area contributed by atoms with Gasteiger partial charge < -0.3 is 14.9 Å². The number of aromatic nitrogens is 1. The van der Waals surface area contributed by atoms with Crippen LogP contribution in [0.15, 0.2) is 22.6 Å². The van der Waals surface area contributed by atoms with E-state index >= 15 is 0 Å². The predicted molar refractivity (Wildman–Crippen MR) is 74.3 cm³/mol. The van der Waals surface area contributed by atoms with Crippen molar-refractivity contribution in [1.82, 2.24) is 4.98 Å².